The molecule has 5 nitrogen and oxygen atoms in total. The zero-order chi connectivity index (χ0) is 31.7. The summed E-state index contributed by atoms with van der Waals surface area (Å²) in [6, 6.07) is 13.9. The molecule has 2 aromatic carbocycles. The number of carboxylic acids is 1. The van der Waals surface area contributed by atoms with Crippen LogP contribution in [0.15, 0.2) is 123 Å². The molecule has 1 atom stereocenters. The van der Waals surface area contributed by atoms with Gasteiger partial charge in [-0.15, -0.1) is 5.73 Å². The maximum absolute atomic E-state index is 13.1. The van der Waals surface area contributed by atoms with Gasteiger partial charge < -0.3 is 9.84 Å². The van der Waals surface area contributed by atoms with Gasteiger partial charge in [0.2, 0.25) is 0 Å². The van der Waals surface area contributed by atoms with E-state index < -0.39 is 12.4 Å². The summed E-state index contributed by atoms with van der Waals surface area (Å²) in [4.78, 5) is 20.7. The molecule has 0 radical (unpaired) electrons. The van der Waals surface area contributed by atoms with E-state index in [4.69, 9.17) is 19.8 Å². The highest BCUT2D eigenvalue weighted by atomic mass is 19.3. The van der Waals surface area contributed by atoms with Crippen molar-refractivity contribution in [1.29, 1.82) is 0 Å². The quantitative estimate of drug-likeness (QED) is 0.305. The summed E-state index contributed by atoms with van der Waals surface area (Å²) in [6.07, 6.45) is 9.95. The molecule has 0 saturated carbocycles. The maximum Gasteiger partial charge on any atom is 0.341 e. The van der Waals surface area contributed by atoms with Gasteiger partial charge in [0.15, 0.2) is 6.61 Å². The van der Waals surface area contributed by atoms with E-state index in [-0.39, 0.29) is 17.6 Å². The van der Waals surface area contributed by atoms with Crippen molar-refractivity contribution < 1.29 is 23.4 Å². The fourth-order valence-corrected chi connectivity index (χ4v) is 6.59. The molecule has 228 valence electrons. The van der Waals surface area contributed by atoms with E-state index >= 15 is 0 Å². The van der Waals surface area contributed by atoms with Crippen molar-refractivity contribution in [2.24, 2.45) is 15.4 Å². The van der Waals surface area contributed by atoms with Gasteiger partial charge >= 0.3 is 5.97 Å². The average Bonchev–Trinajstić information content (AvgIpc) is 3.42. The van der Waals surface area contributed by atoms with Gasteiger partial charge in [-0.2, -0.15) is 0 Å². The van der Waals surface area contributed by atoms with E-state index in [1.165, 1.54) is 17.7 Å². The van der Waals surface area contributed by atoms with Crippen LogP contribution in [0.5, 0.6) is 5.75 Å². The van der Waals surface area contributed by atoms with Crippen LogP contribution in [0.25, 0.3) is 11.1 Å². The molecule has 6 rings (SSSR count). The predicted octanol–water partition coefficient (Wildman–Crippen LogP) is 9.24. The molecule has 2 aliphatic heterocycles. The van der Waals surface area contributed by atoms with Crippen LogP contribution in [-0.4, -0.2) is 29.1 Å². The number of carboxylic acid groups (broad SMARTS) is 1. The van der Waals surface area contributed by atoms with Crippen LogP contribution < -0.4 is 4.74 Å². The fraction of sp³-hybridized carbons (Fsp3) is 0.263. The van der Waals surface area contributed by atoms with Gasteiger partial charge in [-0.25, -0.2) is 18.6 Å². The number of halogens is 2. The van der Waals surface area contributed by atoms with Crippen LogP contribution in [0.3, 0.4) is 0 Å². The molecule has 0 saturated heterocycles. The summed E-state index contributed by atoms with van der Waals surface area (Å²) < 4.78 is 31.6. The number of ether oxygens (including phenoxy) is 1. The lowest BCUT2D eigenvalue weighted by molar-refractivity contribution is -0.139. The molecular weight excluding hydrogens is 570 g/mol. The second-order valence-corrected chi connectivity index (χ2v) is 12.1. The first-order chi connectivity index (χ1) is 21.6. The van der Waals surface area contributed by atoms with Crippen LogP contribution in [-0.2, 0) is 4.79 Å². The van der Waals surface area contributed by atoms with Crippen molar-refractivity contribution in [1.82, 2.24) is 0 Å². The average molecular weight is 605 g/mol. The van der Waals surface area contributed by atoms with Crippen molar-refractivity contribution in [2.45, 2.75) is 52.4 Å². The van der Waals surface area contributed by atoms with E-state index in [0.717, 1.165) is 88.2 Å². The number of hydrogen-bond donors (Lipinski definition) is 1. The van der Waals surface area contributed by atoms with Crippen molar-refractivity contribution in [2.75, 3.05) is 6.61 Å². The van der Waals surface area contributed by atoms with Gasteiger partial charge in [-0.1, -0.05) is 56.0 Å². The molecule has 1 N–H and O–H groups in total. The lowest BCUT2D eigenvalue weighted by Crippen LogP contribution is -2.28. The number of hydrogen-bond acceptors (Lipinski definition) is 4. The highest BCUT2D eigenvalue weighted by molar-refractivity contribution is 6.20. The van der Waals surface area contributed by atoms with Crippen molar-refractivity contribution >= 4 is 28.5 Å². The summed E-state index contributed by atoms with van der Waals surface area (Å²) in [5, 5.41) is 8.88. The van der Waals surface area contributed by atoms with Gasteiger partial charge in [0, 0.05) is 27.8 Å². The molecule has 0 fully saturated rings. The Hall–Kier alpha value is -4.87. The first kappa shape index (κ1) is 30.2. The Morgan fingerprint density at radius 2 is 1.82 bits per heavy atom. The van der Waals surface area contributed by atoms with E-state index in [9.17, 15) is 13.6 Å². The molecule has 4 aliphatic rings. The first-order valence-corrected chi connectivity index (χ1v) is 15.1. The Morgan fingerprint density at radius 1 is 1.09 bits per heavy atom. The lowest BCUT2D eigenvalue weighted by atomic mass is 9.74. The normalized spacial score (nSPS) is 21.3. The monoisotopic (exact) mass is 604 g/mol. The van der Waals surface area contributed by atoms with Crippen LogP contribution in [0.4, 0.5) is 8.78 Å². The van der Waals surface area contributed by atoms with E-state index in [0.29, 0.717) is 5.75 Å². The molecule has 2 heterocycles. The summed E-state index contributed by atoms with van der Waals surface area (Å²) in [5.74, 6) is -0.495. The third kappa shape index (κ3) is 6.09. The number of benzene rings is 2. The Labute approximate surface area is 261 Å². The molecule has 1 unspecified atom stereocenters. The van der Waals surface area contributed by atoms with Gasteiger partial charge in [-0.05, 0) is 96.7 Å². The number of rotatable bonds is 8. The largest absolute Gasteiger partial charge is 0.482 e. The molecular formula is C38H34F2N2O3. The number of alkyl halides is 2. The van der Waals surface area contributed by atoms with Crippen molar-refractivity contribution in [3.05, 3.63) is 130 Å². The SMILES string of the molecule is C=C1C(C2(C)CCC=C(C3=NC=C=CC4=C3C=C(c3ccc(OCC(=O)O)cc3)C4)CC2)=NC(C)=C1c1ccc(C(F)F)cc1. The minimum Gasteiger partial charge on any atom is -0.482 e. The Kier molecular flexibility index (Phi) is 8.22. The number of carbonyl (C=O) groups is 1. The zero-order valence-corrected chi connectivity index (χ0v) is 25.4. The summed E-state index contributed by atoms with van der Waals surface area (Å²) >= 11 is 0. The predicted molar refractivity (Wildman–Crippen MR) is 175 cm³/mol. The lowest BCUT2D eigenvalue weighted by Gasteiger charge is -2.30. The number of allylic oxidation sites excluding steroid dienone is 10. The van der Waals surface area contributed by atoms with Crippen LogP contribution in [0.2, 0.25) is 0 Å². The van der Waals surface area contributed by atoms with Gasteiger partial charge in [-0.3, -0.25) is 4.99 Å². The van der Waals surface area contributed by atoms with Crippen molar-refractivity contribution in [3.8, 4) is 5.75 Å². The number of aliphatic carboxylic acids is 1. The molecule has 0 spiro atoms. The van der Waals surface area contributed by atoms with Crippen LogP contribution >= 0.6 is 0 Å². The topological polar surface area (TPSA) is 71.2 Å². The molecule has 0 amide bonds. The van der Waals surface area contributed by atoms with Gasteiger partial charge in [0.1, 0.15) is 5.75 Å². The Morgan fingerprint density at radius 3 is 2.53 bits per heavy atom. The summed E-state index contributed by atoms with van der Waals surface area (Å²) in [6.45, 7) is 8.27. The minimum atomic E-state index is -2.50. The summed E-state index contributed by atoms with van der Waals surface area (Å²) in [7, 11) is 0. The summed E-state index contributed by atoms with van der Waals surface area (Å²) in [5.41, 5.74) is 14.1. The van der Waals surface area contributed by atoms with E-state index in [1.54, 1.807) is 30.5 Å². The smallest absolute Gasteiger partial charge is 0.341 e. The van der Waals surface area contributed by atoms with Crippen molar-refractivity contribution in [3.63, 3.8) is 0 Å². The van der Waals surface area contributed by atoms with Crippen LogP contribution in [0, 0.1) is 5.41 Å². The highest BCUT2D eigenvalue weighted by Crippen LogP contribution is 2.46. The molecule has 45 heavy (non-hydrogen) atoms. The molecule has 2 aromatic rings. The minimum absolute atomic E-state index is 0.00514. The van der Waals surface area contributed by atoms with Gasteiger partial charge in [0.25, 0.3) is 6.43 Å². The third-order valence-electron chi connectivity index (χ3n) is 9.00. The molecule has 2 aliphatic carbocycles. The number of aliphatic imine (C=N–C) groups is 2. The zero-order valence-electron chi connectivity index (χ0n) is 25.4. The Balaban J connectivity index is 1.18. The van der Waals surface area contributed by atoms with E-state index in [1.807, 2.05) is 25.1 Å². The second-order valence-electron chi connectivity index (χ2n) is 12.1. The second kappa shape index (κ2) is 12.3. The molecule has 0 aromatic heterocycles. The van der Waals surface area contributed by atoms with E-state index in [2.05, 4.69) is 31.4 Å². The fourth-order valence-electron chi connectivity index (χ4n) is 6.59. The highest BCUT2D eigenvalue weighted by Gasteiger charge is 2.38. The molecule has 0 bridgehead atoms. The third-order valence-corrected chi connectivity index (χ3v) is 9.00. The first-order valence-electron chi connectivity index (χ1n) is 15.1. The Bertz CT molecular complexity index is 1830. The standard InChI is InChI=1S/C38H34F2N2O3/c1-23-34(26-8-10-28(11-9-26)37(39)40)24(2)42-36(23)38(3)17-4-6-27(16-18-38)35-32-21-30(20-29(32)7-5-19-41-35)25-12-14-31(15-13-25)45-22-33(43)44/h6-15,19,21,37H,1,4,16-18,20,22H2,2-3H3,(H,43,44). The molecule has 7 heteroatoms. The van der Waals surface area contributed by atoms with Crippen LogP contribution in [0.1, 0.15) is 69.1 Å². The number of nitrogens with zero attached hydrogens (tertiary/aromatic N) is 2. The van der Waals surface area contributed by atoms with Gasteiger partial charge in [0.05, 0.1) is 17.6 Å². The maximum atomic E-state index is 13.1.